The molecule has 1 fully saturated rings. The van der Waals surface area contributed by atoms with Crippen molar-refractivity contribution in [3.8, 4) is 5.75 Å². The lowest BCUT2D eigenvalue weighted by atomic mass is 9.91. The monoisotopic (exact) mass is 393 g/mol. The molecular formula is C22H23N3O4. The summed E-state index contributed by atoms with van der Waals surface area (Å²) in [6.45, 7) is 3.09. The molecule has 29 heavy (non-hydrogen) atoms. The number of amides is 2. The Morgan fingerprint density at radius 1 is 1.10 bits per heavy atom. The molecule has 2 aliphatic heterocycles. The molecule has 1 unspecified atom stereocenters. The number of rotatable bonds is 5. The number of anilines is 1. The summed E-state index contributed by atoms with van der Waals surface area (Å²) in [7, 11) is 1.57. The van der Waals surface area contributed by atoms with Crippen LogP contribution in [0.1, 0.15) is 22.0 Å². The van der Waals surface area contributed by atoms with Crippen molar-refractivity contribution in [1.29, 1.82) is 0 Å². The first kappa shape index (κ1) is 19.0. The van der Waals surface area contributed by atoms with Gasteiger partial charge in [0.1, 0.15) is 5.75 Å². The summed E-state index contributed by atoms with van der Waals surface area (Å²) in [4.78, 5) is 27.4. The minimum atomic E-state index is -0.591. The second-order valence-electron chi connectivity index (χ2n) is 6.87. The lowest BCUT2D eigenvalue weighted by Crippen LogP contribution is -2.42. The lowest BCUT2D eigenvalue weighted by molar-refractivity contribution is 0.102. The normalized spacial score (nSPS) is 19.1. The highest BCUT2D eigenvalue weighted by atomic mass is 16.5. The molecule has 7 heteroatoms. The predicted molar refractivity (Wildman–Crippen MR) is 109 cm³/mol. The summed E-state index contributed by atoms with van der Waals surface area (Å²) in [5.74, 6) is 0.461. The van der Waals surface area contributed by atoms with Gasteiger partial charge in [-0.25, -0.2) is 4.79 Å². The van der Waals surface area contributed by atoms with E-state index >= 15 is 0 Å². The van der Waals surface area contributed by atoms with Crippen molar-refractivity contribution < 1.29 is 19.1 Å². The number of urea groups is 1. The Hall–Kier alpha value is -3.32. The Labute approximate surface area is 169 Å². The molecule has 150 valence electrons. The molecule has 0 aromatic heterocycles. The van der Waals surface area contributed by atoms with Crippen LogP contribution in [0.5, 0.6) is 5.75 Å². The summed E-state index contributed by atoms with van der Waals surface area (Å²) in [5, 5.41) is 5.42. The van der Waals surface area contributed by atoms with Crippen LogP contribution in [0.2, 0.25) is 0 Å². The molecule has 4 rings (SSSR count). The van der Waals surface area contributed by atoms with Crippen molar-refractivity contribution in [3.05, 3.63) is 71.4 Å². The van der Waals surface area contributed by atoms with Crippen LogP contribution >= 0.6 is 0 Å². The van der Waals surface area contributed by atoms with E-state index in [9.17, 15) is 9.59 Å². The third-order valence-corrected chi connectivity index (χ3v) is 5.16. The second-order valence-corrected chi connectivity index (χ2v) is 6.87. The van der Waals surface area contributed by atoms with Crippen LogP contribution < -0.4 is 20.3 Å². The van der Waals surface area contributed by atoms with E-state index in [2.05, 4.69) is 15.5 Å². The topological polar surface area (TPSA) is 79.9 Å². The van der Waals surface area contributed by atoms with Crippen LogP contribution in [0.25, 0.3) is 0 Å². The molecule has 7 nitrogen and oxygen atoms in total. The van der Waals surface area contributed by atoms with Crippen LogP contribution in [0.3, 0.4) is 0 Å². The van der Waals surface area contributed by atoms with E-state index in [4.69, 9.17) is 9.47 Å². The molecule has 1 saturated heterocycles. The summed E-state index contributed by atoms with van der Waals surface area (Å²) in [5.41, 5.74) is 2.81. The molecule has 2 N–H and O–H groups in total. The van der Waals surface area contributed by atoms with Crippen LogP contribution in [0, 0.1) is 0 Å². The van der Waals surface area contributed by atoms with Crippen molar-refractivity contribution in [2.24, 2.45) is 0 Å². The zero-order valence-electron chi connectivity index (χ0n) is 16.2. The highest BCUT2D eigenvalue weighted by Crippen LogP contribution is 2.32. The fraction of sp³-hybridized carbons (Fsp3) is 0.273. The van der Waals surface area contributed by atoms with Gasteiger partial charge in [0, 0.05) is 41.7 Å². The van der Waals surface area contributed by atoms with E-state index in [0.29, 0.717) is 30.1 Å². The van der Waals surface area contributed by atoms with Gasteiger partial charge < -0.3 is 25.0 Å². The molecule has 2 amide bonds. The van der Waals surface area contributed by atoms with Crippen LogP contribution in [0.15, 0.2) is 60.3 Å². The number of para-hydroxylation sites is 1. The molecule has 0 aliphatic carbocycles. The molecule has 0 radical (unpaired) electrons. The van der Waals surface area contributed by atoms with Crippen LogP contribution in [0.4, 0.5) is 10.5 Å². The number of carbonyl (C=O) groups excluding carboxylic acids is 2. The van der Waals surface area contributed by atoms with Crippen molar-refractivity contribution in [1.82, 2.24) is 10.6 Å². The minimum absolute atomic E-state index is 0.151. The molecule has 2 aromatic rings. The highest BCUT2D eigenvalue weighted by Gasteiger charge is 2.30. The Bertz CT molecular complexity index is 933. The van der Waals surface area contributed by atoms with Crippen LogP contribution in [-0.2, 0) is 4.74 Å². The first-order valence-electron chi connectivity index (χ1n) is 9.55. The Balaban J connectivity index is 1.61. The van der Waals surface area contributed by atoms with Crippen molar-refractivity contribution >= 4 is 17.5 Å². The van der Waals surface area contributed by atoms with Gasteiger partial charge in [-0.3, -0.25) is 4.79 Å². The van der Waals surface area contributed by atoms with Crippen molar-refractivity contribution in [2.45, 2.75) is 6.04 Å². The van der Waals surface area contributed by atoms with Gasteiger partial charge in [0.25, 0.3) is 0 Å². The fourth-order valence-corrected chi connectivity index (χ4v) is 3.64. The van der Waals surface area contributed by atoms with E-state index in [1.807, 2.05) is 48.5 Å². The number of methoxy groups -OCH3 is 1. The van der Waals surface area contributed by atoms with Crippen LogP contribution in [-0.4, -0.2) is 45.2 Å². The van der Waals surface area contributed by atoms with E-state index < -0.39 is 6.04 Å². The van der Waals surface area contributed by atoms with Gasteiger partial charge in [-0.15, -0.1) is 0 Å². The van der Waals surface area contributed by atoms with Gasteiger partial charge in [0.15, 0.2) is 5.78 Å². The third-order valence-electron chi connectivity index (χ3n) is 5.16. The number of nitrogens with one attached hydrogen (secondary N) is 2. The smallest absolute Gasteiger partial charge is 0.319 e. The number of hydrogen-bond donors (Lipinski definition) is 2. The SMILES string of the molecule is COc1ccccc1C1NC(=O)NC=C1C(=O)c1ccc(N2CCOCC2)cc1. The second kappa shape index (κ2) is 8.36. The van der Waals surface area contributed by atoms with E-state index in [1.165, 1.54) is 6.20 Å². The zero-order chi connectivity index (χ0) is 20.2. The van der Waals surface area contributed by atoms with Crippen molar-refractivity contribution in [2.75, 3.05) is 38.3 Å². The summed E-state index contributed by atoms with van der Waals surface area (Å²) < 4.78 is 10.8. The fourth-order valence-electron chi connectivity index (χ4n) is 3.64. The Kier molecular flexibility index (Phi) is 5.48. The highest BCUT2D eigenvalue weighted by molar-refractivity contribution is 6.10. The maximum atomic E-state index is 13.2. The largest absolute Gasteiger partial charge is 0.496 e. The van der Waals surface area contributed by atoms with Gasteiger partial charge in [0.05, 0.1) is 26.4 Å². The molecule has 2 aliphatic rings. The molecule has 0 bridgehead atoms. The molecule has 0 spiro atoms. The lowest BCUT2D eigenvalue weighted by Gasteiger charge is -2.29. The van der Waals surface area contributed by atoms with E-state index in [0.717, 1.165) is 24.3 Å². The van der Waals surface area contributed by atoms with Gasteiger partial charge >= 0.3 is 6.03 Å². The number of ether oxygens (including phenoxy) is 2. The Morgan fingerprint density at radius 3 is 2.55 bits per heavy atom. The maximum Gasteiger partial charge on any atom is 0.319 e. The summed E-state index contributed by atoms with van der Waals surface area (Å²) in [6, 6.07) is 13.9. The Morgan fingerprint density at radius 2 is 1.83 bits per heavy atom. The number of nitrogens with zero attached hydrogens (tertiary/aromatic N) is 1. The van der Waals surface area contributed by atoms with Gasteiger partial charge in [0.2, 0.25) is 0 Å². The van der Waals surface area contributed by atoms with Crippen molar-refractivity contribution in [3.63, 3.8) is 0 Å². The van der Waals surface area contributed by atoms with Gasteiger partial charge in [-0.05, 0) is 30.3 Å². The standard InChI is InChI=1S/C22H23N3O4/c1-28-19-5-3-2-4-17(19)20-18(14-23-22(27)24-20)21(26)15-6-8-16(9-7-15)25-10-12-29-13-11-25/h2-9,14,20H,10-13H2,1H3,(H2,23,24,27). The number of morpholine rings is 1. The first-order valence-corrected chi connectivity index (χ1v) is 9.55. The predicted octanol–water partition coefficient (Wildman–Crippen LogP) is 2.65. The number of Topliss-reactive ketones (excluding diaryl/α,β-unsaturated/α-hetero) is 1. The number of ketones is 1. The van der Waals surface area contributed by atoms with Gasteiger partial charge in [-0.2, -0.15) is 0 Å². The average Bonchev–Trinajstić information content (AvgIpc) is 2.79. The summed E-state index contributed by atoms with van der Waals surface area (Å²) in [6.07, 6.45) is 1.48. The first-order chi connectivity index (χ1) is 14.2. The molecular weight excluding hydrogens is 370 g/mol. The number of carbonyl (C=O) groups is 2. The minimum Gasteiger partial charge on any atom is -0.496 e. The maximum absolute atomic E-state index is 13.2. The number of hydrogen-bond acceptors (Lipinski definition) is 5. The third kappa shape index (κ3) is 3.95. The molecule has 0 saturated carbocycles. The quantitative estimate of drug-likeness (QED) is 0.764. The summed E-state index contributed by atoms with van der Waals surface area (Å²) >= 11 is 0. The van der Waals surface area contributed by atoms with Gasteiger partial charge in [-0.1, -0.05) is 18.2 Å². The van der Waals surface area contributed by atoms with E-state index in [-0.39, 0.29) is 11.8 Å². The molecule has 1 atom stereocenters. The number of benzene rings is 2. The van der Waals surface area contributed by atoms with E-state index in [1.54, 1.807) is 7.11 Å². The average molecular weight is 393 g/mol. The zero-order valence-corrected chi connectivity index (χ0v) is 16.2. The molecule has 2 heterocycles. The molecule has 2 aromatic carbocycles.